The van der Waals surface area contributed by atoms with Gasteiger partial charge in [-0.15, -0.1) is 11.8 Å². The number of nitrogens with one attached hydrogen (secondary N) is 1. The third-order valence-electron chi connectivity index (χ3n) is 3.75. The van der Waals surface area contributed by atoms with Gasteiger partial charge in [0.05, 0.1) is 23.1 Å². The van der Waals surface area contributed by atoms with Crippen molar-refractivity contribution in [3.05, 3.63) is 22.5 Å². The van der Waals surface area contributed by atoms with Crippen LogP contribution in [-0.2, 0) is 19.1 Å². The summed E-state index contributed by atoms with van der Waals surface area (Å²) in [5.74, 6) is -1.03. The molecule has 0 radical (unpaired) electrons. The monoisotopic (exact) mass is 408 g/mol. The second-order valence-electron chi connectivity index (χ2n) is 5.35. The molecule has 0 aromatic heterocycles. The van der Waals surface area contributed by atoms with Gasteiger partial charge in [0.2, 0.25) is 5.96 Å². The van der Waals surface area contributed by atoms with Gasteiger partial charge in [-0.3, -0.25) is 4.99 Å². The van der Waals surface area contributed by atoms with E-state index >= 15 is 0 Å². The lowest BCUT2D eigenvalue weighted by atomic mass is 10.0. The summed E-state index contributed by atoms with van der Waals surface area (Å²) in [6, 6.07) is 2.02. The van der Waals surface area contributed by atoms with E-state index in [2.05, 4.69) is 10.3 Å². The fourth-order valence-corrected chi connectivity index (χ4v) is 3.16. The van der Waals surface area contributed by atoms with Crippen molar-refractivity contribution >= 4 is 46.1 Å². The number of rotatable bonds is 5. The molecule has 2 aliphatic heterocycles. The summed E-state index contributed by atoms with van der Waals surface area (Å²) in [5, 5.41) is 12.6. The minimum Gasteiger partial charge on any atom is -0.462 e. The Bertz CT molecular complexity index is 795. The number of fused-ring (bicyclic) bond motifs is 1. The number of nitriles is 1. The lowest BCUT2D eigenvalue weighted by molar-refractivity contribution is -0.143. The van der Waals surface area contributed by atoms with Crippen molar-refractivity contribution < 1.29 is 19.1 Å². The van der Waals surface area contributed by atoms with Gasteiger partial charge in [0.25, 0.3) is 0 Å². The highest BCUT2D eigenvalue weighted by Gasteiger charge is 2.40. The molecular formula is C17H20N4O4S2. The van der Waals surface area contributed by atoms with Crippen LogP contribution < -0.4 is 5.32 Å². The minimum atomic E-state index is -0.732. The van der Waals surface area contributed by atoms with Gasteiger partial charge in [-0.1, -0.05) is 12.2 Å². The summed E-state index contributed by atoms with van der Waals surface area (Å²) in [4.78, 5) is 31.4. The second-order valence-corrected chi connectivity index (χ2v) is 6.84. The van der Waals surface area contributed by atoms with Crippen LogP contribution in [-0.4, -0.2) is 59.6 Å². The standard InChI is InChI=1S/C17H20N4O4S2/c1-4-24-14(22)11-12(10(9-18)16(26)27-3)20-17-19-7-6-8-21(17)13(11)15(23)25-5-2/h4-8H2,1-3H3,(H,19,20)/b12-10-. The Hall–Kier alpha value is -2.38. The van der Waals surface area contributed by atoms with Crippen LogP contribution in [0, 0.1) is 11.3 Å². The average Bonchev–Trinajstić information content (AvgIpc) is 2.67. The smallest absolute Gasteiger partial charge is 0.356 e. The van der Waals surface area contributed by atoms with Crippen molar-refractivity contribution in [1.82, 2.24) is 10.2 Å². The van der Waals surface area contributed by atoms with Crippen LogP contribution in [0.15, 0.2) is 27.5 Å². The van der Waals surface area contributed by atoms with E-state index < -0.39 is 11.9 Å². The van der Waals surface area contributed by atoms with Crippen molar-refractivity contribution in [2.45, 2.75) is 20.3 Å². The summed E-state index contributed by atoms with van der Waals surface area (Å²) in [5.41, 5.74) is 0.147. The summed E-state index contributed by atoms with van der Waals surface area (Å²) < 4.78 is 10.6. The van der Waals surface area contributed by atoms with E-state index in [1.165, 1.54) is 11.8 Å². The van der Waals surface area contributed by atoms with Gasteiger partial charge >= 0.3 is 11.9 Å². The molecular weight excluding hydrogens is 388 g/mol. The van der Waals surface area contributed by atoms with Crippen molar-refractivity contribution in [2.75, 3.05) is 32.6 Å². The number of esters is 2. The number of hydrogen-bond donors (Lipinski definition) is 1. The van der Waals surface area contributed by atoms with Crippen molar-refractivity contribution in [3.63, 3.8) is 0 Å². The van der Waals surface area contributed by atoms with Crippen molar-refractivity contribution in [3.8, 4) is 6.07 Å². The van der Waals surface area contributed by atoms with E-state index in [-0.39, 0.29) is 40.0 Å². The van der Waals surface area contributed by atoms with E-state index in [0.29, 0.717) is 25.5 Å². The maximum absolute atomic E-state index is 12.7. The topological polar surface area (TPSA) is 104 Å². The summed E-state index contributed by atoms with van der Waals surface area (Å²) in [6.45, 7) is 4.63. The molecule has 10 heteroatoms. The molecule has 2 aliphatic rings. The average molecular weight is 409 g/mol. The van der Waals surface area contributed by atoms with Gasteiger partial charge in [-0.2, -0.15) is 5.26 Å². The molecule has 2 rings (SSSR count). The van der Waals surface area contributed by atoms with Crippen LogP contribution >= 0.6 is 24.0 Å². The van der Waals surface area contributed by atoms with Gasteiger partial charge < -0.3 is 19.7 Å². The molecule has 0 aliphatic carbocycles. The van der Waals surface area contributed by atoms with Crippen molar-refractivity contribution in [1.29, 1.82) is 5.26 Å². The van der Waals surface area contributed by atoms with E-state index in [1.807, 2.05) is 6.07 Å². The molecule has 27 heavy (non-hydrogen) atoms. The molecule has 0 bridgehead atoms. The first-order valence-corrected chi connectivity index (χ1v) is 10.0. The number of hydrogen-bond acceptors (Lipinski definition) is 10. The molecule has 0 saturated carbocycles. The Morgan fingerprint density at radius 3 is 2.59 bits per heavy atom. The summed E-state index contributed by atoms with van der Waals surface area (Å²) >= 11 is 6.46. The molecule has 144 valence electrons. The summed E-state index contributed by atoms with van der Waals surface area (Å²) in [6.07, 6.45) is 2.44. The third-order valence-corrected chi connectivity index (χ3v) is 5.03. The molecule has 0 amide bonds. The maximum Gasteiger partial charge on any atom is 0.356 e. The predicted octanol–water partition coefficient (Wildman–Crippen LogP) is 1.50. The van der Waals surface area contributed by atoms with Gasteiger partial charge in [-0.05, 0) is 26.5 Å². The lowest BCUT2D eigenvalue weighted by Gasteiger charge is -2.36. The number of carbonyl (C=O) groups excluding carboxylic acids is 2. The van der Waals surface area contributed by atoms with Gasteiger partial charge in [-0.25, -0.2) is 9.59 Å². The molecule has 2 heterocycles. The van der Waals surface area contributed by atoms with Crippen LogP contribution in [0.25, 0.3) is 0 Å². The molecule has 0 atom stereocenters. The Kier molecular flexibility index (Phi) is 7.38. The number of thioether (sulfide) groups is 1. The molecule has 0 unspecified atom stereocenters. The molecule has 8 nitrogen and oxygen atoms in total. The van der Waals surface area contributed by atoms with E-state index in [0.717, 1.165) is 0 Å². The van der Waals surface area contributed by atoms with E-state index in [9.17, 15) is 14.9 Å². The first-order chi connectivity index (χ1) is 13.0. The highest BCUT2D eigenvalue weighted by atomic mass is 32.2. The van der Waals surface area contributed by atoms with Crippen LogP contribution in [0.2, 0.25) is 0 Å². The molecule has 0 spiro atoms. The Balaban J connectivity index is 2.82. The number of carbonyl (C=O) groups is 2. The second kappa shape index (κ2) is 9.53. The number of nitrogens with zero attached hydrogens (tertiary/aromatic N) is 3. The highest BCUT2D eigenvalue weighted by molar-refractivity contribution is 8.23. The first kappa shape index (κ1) is 20.9. The normalized spacial score (nSPS) is 17.9. The molecule has 0 aromatic carbocycles. The van der Waals surface area contributed by atoms with Gasteiger partial charge in [0.1, 0.15) is 22.9 Å². The highest BCUT2D eigenvalue weighted by Crippen LogP contribution is 2.30. The SMILES string of the molecule is CCOC(=O)C1=C(C(=O)OCC)N2CCCN=C2N/C1=C(/C#N)C(=S)SC. The Morgan fingerprint density at radius 2 is 2.00 bits per heavy atom. The van der Waals surface area contributed by atoms with Crippen LogP contribution in [0.1, 0.15) is 20.3 Å². The van der Waals surface area contributed by atoms with Crippen LogP contribution in [0.5, 0.6) is 0 Å². The van der Waals surface area contributed by atoms with Crippen LogP contribution in [0.3, 0.4) is 0 Å². The molecule has 0 saturated heterocycles. The molecule has 0 fully saturated rings. The lowest BCUT2D eigenvalue weighted by Crippen LogP contribution is -2.51. The zero-order chi connectivity index (χ0) is 20.0. The fraction of sp³-hybridized carbons (Fsp3) is 0.471. The number of guanidine groups is 1. The number of ether oxygens (including phenoxy) is 2. The van der Waals surface area contributed by atoms with E-state index in [4.69, 9.17) is 21.7 Å². The predicted molar refractivity (Wildman–Crippen MR) is 106 cm³/mol. The van der Waals surface area contributed by atoms with Crippen LogP contribution in [0.4, 0.5) is 0 Å². The van der Waals surface area contributed by atoms with Gasteiger partial charge in [0, 0.05) is 13.1 Å². The number of thiocarbonyl (C=S) groups is 1. The first-order valence-electron chi connectivity index (χ1n) is 8.40. The Morgan fingerprint density at radius 1 is 1.33 bits per heavy atom. The van der Waals surface area contributed by atoms with Crippen molar-refractivity contribution in [2.24, 2.45) is 4.99 Å². The molecule has 0 aromatic rings. The zero-order valence-electron chi connectivity index (χ0n) is 15.3. The maximum atomic E-state index is 12.7. The zero-order valence-corrected chi connectivity index (χ0v) is 17.0. The number of aliphatic imine (C=N–C) groups is 1. The Labute approximate surface area is 167 Å². The quantitative estimate of drug-likeness (QED) is 0.314. The fourth-order valence-electron chi connectivity index (χ4n) is 2.66. The summed E-state index contributed by atoms with van der Waals surface area (Å²) in [7, 11) is 0. The largest absolute Gasteiger partial charge is 0.462 e. The molecule has 1 N–H and O–H groups in total. The minimum absolute atomic E-state index is 0.0131. The van der Waals surface area contributed by atoms with Gasteiger partial charge in [0.15, 0.2) is 0 Å². The third kappa shape index (κ3) is 4.31. The van der Waals surface area contributed by atoms with E-state index in [1.54, 1.807) is 25.0 Å².